The lowest BCUT2D eigenvalue weighted by molar-refractivity contribution is 0.0705. The first-order valence-corrected chi connectivity index (χ1v) is 8.66. The van der Waals surface area contributed by atoms with Crippen LogP contribution in [0.1, 0.15) is 43.1 Å². The Morgan fingerprint density at radius 1 is 1.38 bits per heavy atom. The number of nitrogens with two attached hydrogens (primary N) is 1. The predicted molar refractivity (Wildman–Crippen MR) is 84.0 cm³/mol. The van der Waals surface area contributed by atoms with Crippen molar-refractivity contribution in [1.82, 2.24) is 4.90 Å². The second-order valence-corrected chi connectivity index (χ2v) is 7.18. The van der Waals surface area contributed by atoms with Crippen molar-refractivity contribution < 1.29 is 13.2 Å². The first-order valence-electron chi connectivity index (χ1n) is 6.73. The first-order chi connectivity index (χ1) is 9.59. The van der Waals surface area contributed by atoms with E-state index >= 15 is 0 Å². The van der Waals surface area contributed by atoms with E-state index in [9.17, 15) is 13.2 Å². The summed E-state index contributed by atoms with van der Waals surface area (Å²) in [5.74, 6) is -0.239. The Balaban J connectivity index is 3.41. The van der Waals surface area contributed by atoms with Crippen LogP contribution in [0.25, 0.3) is 0 Å². The summed E-state index contributed by atoms with van der Waals surface area (Å²) >= 11 is 6.04. The van der Waals surface area contributed by atoms with E-state index in [0.29, 0.717) is 12.1 Å². The van der Waals surface area contributed by atoms with Crippen molar-refractivity contribution in [1.29, 1.82) is 0 Å². The van der Waals surface area contributed by atoms with Gasteiger partial charge in [-0.15, -0.1) is 0 Å². The smallest absolute Gasteiger partial charge is 0.254 e. The van der Waals surface area contributed by atoms with E-state index in [-0.39, 0.29) is 27.4 Å². The summed E-state index contributed by atoms with van der Waals surface area (Å²) in [6.07, 6.45) is 0.811. The van der Waals surface area contributed by atoms with E-state index in [4.69, 9.17) is 16.7 Å². The fraction of sp³-hybridized carbons (Fsp3) is 0.500. The third kappa shape index (κ3) is 4.18. The molecule has 1 aromatic carbocycles. The molecule has 0 bridgehead atoms. The summed E-state index contributed by atoms with van der Waals surface area (Å²) in [5.41, 5.74) is 0.824. The number of benzene rings is 1. The molecule has 0 spiro atoms. The zero-order valence-corrected chi connectivity index (χ0v) is 14.3. The zero-order valence-electron chi connectivity index (χ0n) is 12.7. The van der Waals surface area contributed by atoms with Gasteiger partial charge in [0.15, 0.2) is 0 Å². The second kappa shape index (κ2) is 6.77. The highest BCUT2D eigenvalue weighted by atomic mass is 35.5. The Hall–Kier alpha value is -1.11. The number of halogens is 1. The number of primary sulfonamides is 1. The molecule has 1 aromatic rings. The molecular formula is C14H21ClN2O3S. The maximum Gasteiger partial charge on any atom is 0.254 e. The van der Waals surface area contributed by atoms with Crippen LogP contribution in [-0.2, 0) is 10.0 Å². The molecule has 118 valence electrons. The van der Waals surface area contributed by atoms with E-state index in [1.807, 2.05) is 20.8 Å². The molecular weight excluding hydrogens is 312 g/mol. The topological polar surface area (TPSA) is 80.5 Å². The highest BCUT2D eigenvalue weighted by Crippen LogP contribution is 2.25. The lowest BCUT2D eigenvalue weighted by atomic mass is 10.1. The third-order valence-electron chi connectivity index (χ3n) is 3.23. The van der Waals surface area contributed by atoms with Gasteiger partial charge >= 0.3 is 0 Å². The van der Waals surface area contributed by atoms with E-state index in [0.717, 1.165) is 6.42 Å². The molecule has 0 aliphatic heterocycles. The summed E-state index contributed by atoms with van der Waals surface area (Å²) in [6.45, 7) is 8.07. The molecule has 1 amide bonds. The van der Waals surface area contributed by atoms with Gasteiger partial charge in [0.2, 0.25) is 10.0 Å². The molecule has 21 heavy (non-hydrogen) atoms. The van der Waals surface area contributed by atoms with Crippen molar-refractivity contribution in [3.63, 3.8) is 0 Å². The Morgan fingerprint density at radius 3 is 2.38 bits per heavy atom. The Morgan fingerprint density at radius 2 is 1.95 bits per heavy atom. The molecule has 7 heteroatoms. The second-order valence-electron chi connectivity index (χ2n) is 5.21. The van der Waals surface area contributed by atoms with E-state index < -0.39 is 10.0 Å². The summed E-state index contributed by atoms with van der Waals surface area (Å²) in [7, 11) is -3.91. The lowest BCUT2D eigenvalue weighted by Crippen LogP contribution is -2.38. The van der Waals surface area contributed by atoms with Crippen LogP contribution >= 0.6 is 11.6 Å². The van der Waals surface area contributed by atoms with Gasteiger partial charge in [-0.25, -0.2) is 13.6 Å². The first kappa shape index (κ1) is 17.9. The van der Waals surface area contributed by atoms with Crippen LogP contribution in [0.3, 0.4) is 0 Å². The van der Waals surface area contributed by atoms with Gasteiger partial charge in [-0.05, 0) is 44.9 Å². The number of nitrogens with zero attached hydrogens (tertiary/aromatic N) is 1. The van der Waals surface area contributed by atoms with Gasteiger partial charge in [0.25, 0.3) is 5.91 Å². The standard InChI is InChI=1S/C14H21ClN2O3S/c1-5-6-17(9(2)3)14(18)12-7-11(21(16,19)20)8-13(15)10(12)4/h7-9H,5-6H2,1-4H3,(H2,16,19,20). The summed E-state index contributed by atoms with van der Waals surface area (Å²) in [5, 5.41) is 5.34. The van der Waals surface area contributed by atoms with E-state index in [1.165, 1.54) is 12.1 Å². The number of hydrogen-bond donors (Lipinski definition) is 1. The molecule has 0 atom stereocenters. The number of rotatable bonds is 5. The SMILES string of the molecule is CCCN(C(=O)c1cc(S(N)(=O)=O)cc(Cl)c1C)C(C)C. The van der Waals surface area contributed by atoms with Crippen LogP contribution in [0, 0.1) is 6.92 Å². The molecule has 0 heterocycles. The quantitative estimate of drug-likeness (QED) is 0.899. The van der Waals surface area contributed by atoms with Crippen LogP contribution in [-0.4, -0.2) is 31.8 Å². The Bertz CT molecular complexity index is 642. The average molecular weight is 333 g/mol. The van der Waals surface area contributed by atoms with E-state index in [1.54, 1.807) is 11.8 Å². The largest absolute Gasteiger partial charge is 0.336 e. The van der Waals surface area contributed by atoms with Gasteiger partial charge in [0.05, 0.1) is 4.90 Å². The predicted octanol–water partition coefficient (Wildman–Crippen LogP) is 2.56. The van der Waals surface area contributed by atoms with Gasteiger partial charge in [0, 0.05) is 23.2 Å². The number of sulfonamides is 1. The van der Waals surface area contributed by atoms with Crippen LogP contribution in [0.15, 0.2) is 17.0 Å². The van der Waals surface area contributed by atoms with Gasteiger partial charge in [0.1, 0.15) is 0 Å². The third-order valence-corrected chi connectivity index (χ3v) is 4.51. The highest BCUT2D eigenvalue weighted by molar-refractivity contribution is 7.89. The summed E-state index contributed by atoms with van der Waals surface area (Å²) < 4.78 is 23.0. The molecule has 0 saturated carbocycles. The molecule has 0 aliphatic carbocycles. The maximum absolute atomic E-state index is 12.7. The van der Waals surface area contributed by atoms with E-state index in [2.05, 4.69) is 0 Å². The van der Waals surface area contributed by atoms with Gasteiger partial charge in [-0.2, -0.15) is 0 Å². The van der Waals surface area contributed by atoms with Crippen molar-refractivity contribution in [2.24, 2.45) is 5.14 Å². The van der Waals surface area contributed by atoms with Gasteiger partial charge in [-0.3, -0.25) is 4.79 Å². The maximum atomic E-state index is 12.7. The molecule has 0 saturated heterocycles. The number of carbonyl (C=O) groups is 1. The van der Waals surface area contributed by atoms with Crippen molar-refractivity contribution in [3.8, 4) is 0 Å². The molecule has 0 unspecified atom stereocenters. The molecule has 0 fully saturated rings. The van der Waals surface area contributed by atoms with Crippen molar-refractivity contribution in [2.75, 3.05) is 6.54 Å². The Kier molecular flexibility index (Phi) is 5.78. The highest BCUT2D eigenvalue weighted by Gasteiger charge is 2.23. The minimum absolute atomic E-state index is 0.00812. The average Bonchev–Trinajstić information content (AvgIpc) is 2.36. The molecule has 0 aliphatic rings. The van der Waals surface area contributed by atoms with Crippen LogP contribution in [0.2, 0.25) is 5.02 Å². The fourth-order valence-corrected chi connectivity index (χ4v) is 2.88. The van der Waals surface area contributed by atoms with Crippen LogP contribution in [0.4, 0.5) is 0 Å². The monoisotopic (exact) mass is 332 g/mol. The normalized spacial score (nSPS) is 11.8. The minimum atomic E-state index is -3.91. The van der Waals surface area contributed by atoms with Gasteiger partial charge < -0.3 is 4.90 Å². The number of amides is 1. The Labute approximate surface area is 131 Å². The van der Waals surface area contributed by atoms with Crippen LogP contribution < -0.4 is 5.14 Å². The van der Waals surface area contributed by atoms with Crippen LogP contribution in [0.5, 0.6) is 0 Å². The molecule has 0 radical (unpaired) electrons. The minimum Gasteiger partial charge on any atom is -0.336 e. The zero-order chi connectivity index (χ0) is 16.4. The molecule has 1 rings (SSSR count). The van der Waals surface area contributed by atoms with Crippen molar-refractivity contribution in [3.05, 3.63) is 28.3 Å². The molecule has 5 nitrogen and oxygen atoms in total. The fourth-order valence-electron chi connectivity index (χ4n) is 2.03. The van der Waals surface area contributed by atoms with Gasteiger partial charge in [-0.1, -0.05) is 18.5 Å². The molecule has 2 N–H and O–H groups in total. The molecule has 0 aromatic heterocycles. The lowest BCUT2D eigenvalue weighted by Gasteiger charge is -2.27. The number of carbonyl (C=O) groups excluding carboxylic acids is 1. The number of hydrogen-bond acceptors (Lipinski definition) is 3. The van der Waals surface area contributed by atoms with Crippen molar-refractivity contribution >= 4 is 27.5 Å². The van der Waals surface area contributed by atoms with Crippen molar-refractivity contribution in [2.45, 2.75) is 45.1 Å². The summed E-state index contributed by atoms with van der Waals surface area (Å²) in [6, 6.07) is 2.57. The summed E-state index contributed by atoms with van der Waals surface area (Å²) in [4.78, 5) is 14.2.